The van der Waals surface area contributed by atoms with Crippen molar-refractivity contribution in [2.45, 2.75) is 39.4 Å². The van der Waals surface area contributed by atoms with Gasteiger partial charge in [0.25, 0.3) is 0 Å². The number of H-pyrrole nitrogens is 1. The lowest BCUT2D eigenvalue weighted by Gasteiger charge is -2.10. The Morgan fingerprint density at radius 2 is 2.03 bits per heavy atom. The maximum Gasteiger partial charge on any atom is 0.434 e. The summed E-state index contributed by atoms with van der Waals surface area (Å²) in [6, 6.07) is 6.31. The Balaban J connectivity index is 1.61. The molecule has 0 bridgehead atoms. The Hall–Kier alpha value is -2.55. The van der Waals surface area contributed by atoms with E-state index in [4.69, 9.17) is 0 Å². The van der Waals surface area contributed by atoms with Gasteiger partial charge in [0.05, 0.1) is 6.54 Å². The van der Waals surface area contributed by atoms with Crippen molar-refractivity contribution in [1.29, 1.82) is 0 Å². The molecule has 3 N–H and O–H groups in total. The number of hydrogen-bond donors (Lipinski definition) is 3. The van der Waals surface area contributed by atoms with Crippen LogP contribution in [-0.4, -0.2) is 29.0 Å². The van der Waals surface area contributed by atoms with Crippen LogP contribution in [0.2, 0.25) is 0 Å². The topological polar surface area (TPSA) is 65.1 Å². The van der Waals surface area contributed by atoms with Gasteiger partial charge in [-0.05, 0) is 30.9 Å². The van der Waals surface area contributed by atoms with Crippen molar-refractivity contribution in [2.75, 3.05) is 13.1 Å². The molecule has 0 aliphatic rings. The number of thiazole rings is 1. The number of aliphatic imine (C=N–C) groups is 1. The number of alkyl halides is 3. The van der Waals surface area contributed by atoms with Gasteiger partial charge in [0.1, 0.15) is 5.01 Å². The normalized spacial score (nSPS) is 12.5. The average molecular weight is 424 g/mol. The molecule has 156 valence electrons. The van der Waals surface area contributed by atoms with Crippen LogP contribution in [0.1, 0.15) is 35.7 Å². The highest BCUT2D eigenvalue weighted by molar-refractivity contribution is 7.09. The van der Waals surface area contributed by atoms with Gasteiger partial charge in [-0.3, -0.25) is 0 Å². The first-order valence-electron chi connectivity index (χ1n) is 9.54. The first-order chi connectivity index (χ1) is 13.9. The van der Waals surface area contributed by atoms with Crippen molar-refractivity contribution in [3.05, 3.63) is 51.6 Å². The molecule has 0 saturated heterocycles. The van der Waals surface area contributed by atoms with Crippen LogP contribution in [0.15, 0.2) is 34.8 Å². The largest absolute Gasteiger partial charge is 0.434 e. The molecular formula is C20H24F3N5S. The molecule has 0 radical (unpaired) electrons. The van der Waals surface area contributed by atoms with E-state index in [0.29, 0.717) is 24.1 Å². The molecule has 0 fully saturated rings. The molecule has 0 aliphatic carbocycles. The molecular weight excluding hydrogens is 399 g/mol. The van der Waals surface area contributed by atoms with Gasteiger partial charge in [-0.1, -0.05) is 25.1 Å². The number of halogens is 3. The van der Waals surface area contributed by atoms with Crippen LogP contribution in [0.5, 0.6) is 0 Å². The number of aromatic amines is 1. The Morgan fingerprint density at radius 3 is 2.72 bits per heavy atom. The molecule has 9 heteroatoms. The summed E-state index contributed by atoms with van der Waals surface area (Å²) in [5.41, 5.74) is 2.82. The van der Waals surface area contributed by atoms with Crippen molar-refractivity contribution in [2.24, 2.45) is 4.99 Å². The lowest BCUT2D eigenvalue weighted by Crippen LogP contribution is -2.38. The SMILES string of the molecule is CCNC(=NCc1nc(C(F)(F)F)cs1)NCCc1c[nH]c2c(CC)cccc12. The van der Waals surface area contributed by atoms with Crippen molar-refractivity contribution < 1.29 is 13.2 Å². The molecule has 0 amide bonds. The number of aryl methyl sites for hydroxylation is 1. The summed E-state index contributed by atoms with van der Waals surface area (Å²) in [5, 5.41) is 8.92. The second-order valence-electron chi connectivity index (χ2n) is 6.50. The summed E-state index contributed by atoms with van der Waals surface area (Å²) in [6.45, 7) is 5.48. The molecule has 29 heavy (non-hydrogen) atoms. The van der Waals surface area contributed by atoms with Gasteiger partial charge in [0, 0.05) is 35.6 Å². The van der Waals surface area contributed by atoms with Gasteiger partial charge in [0.15, 0.2) is 11.7 Å². The van der Waals surface area contributed by atoms with Crippen LogP contribution < -0.4 is 10.6 Å². The van der Waals surface area contributed by atoms with Crippen LogP contribution in [0.25, 0.3) is 10.9 Å². The number of rotatable bonds is 7. The summed E-state index contributed by atoms with van der Waals surface area (Å²) in [4.78, 5) is 11.3. The third kappa shape index (κ3) is 5.29. The van der Waals surface area contributed by atoms with E-state index in [9.17, 15) is 13.2 Å². The second kappa shape index (κ2) is 9.30. The van der Waals surface area contributed by atoms with Gasteiger partial charge in [0.2, 0.25) is 0 Å². The van der Waals surface area contributed by atoms with Crippen LogP contribution >= 0.6 is 11.3 Å². The number of hydrogen-bond acceptors (Lipinski definition) is 3. The van der Waals surface area contributed by atoms with Gasteiger partial charge >= 0.3 is 6.18 Å². The second-order valence-corrected chi connectivity index (χ2v) is 7.45. The van der Waals surface area contributed by atoms with Gasteiger partial charge in [-0.15, -0.1) is 11.3 Å². The van der Waals surface area contributed by atoms with Gasteiger partial charge in [-0.25, -0.2) is 9.98 Å². The first kappa shape index (κ1) is 21.2. The summed E-state index contributed by atoms with van der Waals surface area (Å²) < 4.78 is 38.0. The molecule has 5 nitrogen and oxygen atoms in total. The molecule has 0 unspecified atom stereocenters. The quantitative estimate of drug-likeness (QED) is 0.387. The number of benzene rings is 1. The highest BCUT2D eigenvalue weighted by Gasteiger charge is 2.33. The molecule has 2 aromatic heterocycles. The van der Waals surface area contributed by atoms with E-state index < -0.39 is 11.9 Å². The lowest BCUT2D eigenvalue weighted by molar-refractivity contribution is -0.140. The highest BCUT2D eigenvalue weighted by Crippen LogP contribution is 2.30. The molecule has 0 saturated carbocycles. The molecule has 0 spiro atoms. The van der Waals surface area contributed by atoms with Crippen molar-refractivity contribution >= 4 is 28.2 Å². The molecule has 3 rings (SSSR count). The van der Waals surface area contributed by atoms with Crippen LogP contribution in [0, 0.1) is 0 Å². The minimum Gasteiger partial charge on any atom is -0.361 e. The van der Waals surface area contributed by atoms with E-state index in [1.807, 2.05) is 13.1 Å². The Labute approximate surface area is 171 Å². The highest BCUT2D eigenvalue weighted by atomic mass is 32.1. The van der Waals surface area contributed by atoms with Gasteiger partial charge < -0.3 is 15.6 Å². The Kier molecular flexibility index (Phi) is 6.79. The lowest BCUT2D eigenvalue weighted by atomic mass is 10.1. The fourth-order valence-electron chi connectivity index (χ4n) is 3.09. The zero-order valence-electron chi connectivity index (χ0n) is 16.4. The summed E-state index contributed by atoms with van der Waals surface area (Å²) in [7, 11) is 0. The maximum atomic E-state index is 12.7. The van der Waals surface area contributed by atoms with E-state index in [1.165, 1.54) is 22.0 Å². The van der Waals surface area contributed by atoms with E-state index in [2.05, 4.69) is 50.7 Å². The monoisotopic (exact) mass is 423 g/mol. The smallest absolute Gasteiger partial charge is 0.361 e. The van der Waals surface area contributed by atoms with E-state index in [-0.39, 0.29) is 6.54 Å². The summed E-state index contributed by atoms with van der Waals surface area (Å²) in [5.74, 6) is 0.561. The minimum atomic E-state index is -4.42. The van der Waals surface area contributed by atoms with Crippen molar-refractivity contribution in [1.82, 2.24) is 20.6 Å². The molecule has 1 aromatic carbocycles. The number of para-hydroxylation sites is 1. The fourth-order valence-corrected chi connectivity index (χ4v) is 3.82. The van der Waals surface area contributed by atoms with Crippen molar-refractivity contribution in [3.63, 3.8) is 0 Å². The number of nitrogens with zero attached hydrogens (tertiary/aromatic N) is 2. The van der Waals surface area contributed by atoms with Gasteiger partial charge in [-0.2, -0.15) is 13.2 Å². The number of guanidine groups is 1. The molecule has 0 atom stereocenters. The van der Waals surface area contributed by atoms with E-state index >= 15 is 0 Å². The van der Waals surface area contributed by atoms with Crippen LogP contribution in [0.4, 0.5) is 13.2 Å². The van der Waals surface area contributed by atoms with E-state index in [1.54, 1.807) is 0 Å². The van der Waals surface area contributed by atoms with Crippen LogP contribution in [0.3, 0.4) is 0 Å². The third-order valence-electron chi connectivity index (χ3n) is 4.51. The summed E-state index contributed by atoms with van der Waals surface area (Å²) in [6.07, 6.45) is -0.616. The predicted molar refractivity (Wildman–Crippen MR) is 111 cm³/mol. The zero-order valence-corrected chi connectivity index (χ0v) is 17.2. The first-order valence-corrected chi connectivity index (χ1v) is 10.4. The Morgan fingerprint density at radius 1 is 1.21 bits per heavy atom. The summed E-state index contributed by atoms with van der Waals surface area (Å²) >= 11 is 0.965. The standard InChI is InChI=1S/C20H24F3N5S/c1-3-13-6-5-7-15-14(10-26-18(13)15)8-9-25-19(24-4-2)27-11-17-28-16(12-29-17)20(21,22)23/h5-7,10,12,26H,3-4,8-9,11H2,1-2H3,(H2,24,25,27). The minimum absolute atomic E-state index is 0.100. The molecule has 2 heterocycles. The zero-order chi connectivity index (χ0) is 20.9. The predicted octanol–water partition coefficient (Wildman–Crippen LogP) is 4.50. The number of fused-ring (bicyclic) bond motifs is 1. The Bertz CT molecular complexity index is 974. The third-order valence-corrected chi connectivity index (χ3v) is 5.35. The molecule has 0 aliphatic heterocycles. The van der Waals surface area contributed by atoms with E-state index in [0.717, 1.165) is 29.6 Å². The average Bonchev–Trinajstić information content (AvgIpc) is 3.33. The fraction of sp³-hybridized carbons (Fsp3) is 0.400. The maximum absolute atomic E-state index is 12.7. The number of nitrogens with one attached hydrogen (secondary N) is 3. The van der Waals surface area contributed by atoms with Crippen LogP contribution in [-0.2, 0) is 25.6 Å². The molecule has 3 aromatic rings. The van der Waals surface area contributed by atoms with Crippen molar-refractivity contribution in [3.8, 4) is 0 Å². The number of aromatic nitrogens is 2.